The minimum absolute atomic E-state index is 0.0928. The van der Waals surface area contributed by atoms with E-state index >= 15 is 0 Å². The molecule has 0 aromatic heterocycles. The lowest BCUT2D eigenvalue weighted by molar-refractivity contribution is 0.818. The van der Waals surface area contributed by atoms with Crippen LogP contribution in [0, 0.1) is 0 Å². The van der Waals surface area contributed by atoms with E-state index < -0.39 is 0 Å². The van der Waals surface area contributed by atoms with E-state index in [0.717, 1.165) is 12.2 Å². The van der Waals surface area contributed by atoms with Gasteiger partial charge in [-0.2, -0.15) is 0 Å². The van der Waals surface area contributed by atoms with Gasteiger partial charge in [-0.15, -0.1) is 0 Å². The summed E-state index contributed by atoms with van der Waals surface area (Å²) in [5, 5.41) is 3.29. The van der Waals surface area contributed by atoms with E-state index in [4.69, 9.17) is 5.73 Å². The molecule has 0 bridgehead atoms. The summed E-state index contributed by atoms with van der Waals surface area (Å²) in [6, 6.07) is 17.0. The predicted octanol–water partition coefficient (Wildman–Crippen LogP) is 3.81. The van der Waals surface area contributed by atoms with Gasteiger partial charge >= 0.3 is 0 Å². The Hall–Kier alpha value is -1.80. The van der Waals surface area contributed by atoms with Crippen molar-refractivity contribution in [2.24, 2.45) is 5.73 Å². The molecule has 0 aliphatic rings. The van der Waals surface area contributed by atoms with Gasteiger partial charge in [0.1, 0.15) is 0 Å². The maximum Gasteiger partial charge on any atom is 0.0340 e. The minimum atomic E-state index is 0.0928. The van der Waals surface area contributed by atoms with Gasteiger partial charge in [0.2, 0.25) is 0 Å². The first-order valence-electron chi connectivity index (χ1n) is 6.40. The van der Waals surface area contributed by atoms with Crippen molar-refractivity contribution >= 4 is 5.69 Å². The lowest BCUT2D eigenvalue weighted by Crippen LogP contribution is -2.04. The molecule has 0 spiro atoms. The molecular formula is C16H20N2. The molecule has 0 heterocycles. The summed E-state index contributed by atoms with van der Waals surface area (Å²) in [4.78, 5) is 0. The normalized spacial score (nSPS) is 12.2. The van der Waals surface area contributed by atoms with Crippen molar-refractivity contribution in [1.29, 1.82) is 0 Å². The second kappa shape index (κ2) is 5.69. The quantitative estimate of drug-likeness (QED) is 0.853. The van der Waals surface area contributed by atoms with E-state index in [2.05, 4.69) is 60.8 Å². The van der Waals surface area contributed by atoms with Gasteiger partial charge < -0.3 is 11.1 Å². The molecule has 0 saturated carbocycles. The molecule has 2 heteroatoms. The molecule has 0 amide bonds. The smallest absolute Gasteiger partial charge is 0.0340 e. The Morgan fingerprint density at radius 1 is 0.944 bits per heavy atom. The third-order valence-electron chi connectivity index (χ3n) is 3.04. The van der Waals surface area contributed by atoms with Gasteiger partial charge in [0.15, 0.2) is 0 Å². The highest BCUT2D eigenvalue weighted by Gasteiger charge is 2.01. The van der Waals surface area contributed by atoms with Crippen LogP contribution in [0.3, 0.4) is 0 Å². The molecule has 0 saturated heterocycles. The highest BCUT2D eigenvalue weighted by molar-refractivity contribution is 5.66. The van der Waals surface area contributed by atoms with Crippen LogP contribution in [0.5, 0.6) is 0 Å². The molecule has 0 aliphatic heterocycles. The molecule has 2 nitrogen and oxygen atoms in total. The van der Waals surface area contributed by atoms with E-state index in [1.807, 2.05) is 6.92 Å². The van der Waals surface area contributed by atoms with E-state index in [1.165, 1.54) is 16.7 Å². The van der Waals surface area contributed by atoms with Crippen LogP contribution < -0.4 is 11.1 Å². The minimum Gasteiger partial charge on any atom is -0.385 e. The standard InChI is InChI=1S/C16H20N2/c1-3-18-16-10-8-15(9-11-16)14-6-4-13(5-7-14)12(2)17/h4-12,18H,3,17H2,1-2H3. The van der Waals surface area contributed by atoms with Crippen LogP contribution in [-0.4, -0.2) is 6.54 Å². The van der Waals surface area contributed by atoms with Crippen LogP contribution in [0.4, 0.5) is 5.69 Å². The first-order valence-corrected chi connectivity index (χ1v) is 6.40. The number of anilines is 1. The maximum atomic E-state index is 5.85. The summed E-state index contributed by atoms with van der Waals surface area (Å²) in [5.41, 5.74) is 10.6. The Bertz CT molecular complexity index is 484. The molecule has 3 N–H and O–H groups in total. The van der Waals surface area contributed by atoms with Gasteiger partial charge in [-0.1, -0.05) is 36.4 Å². The van der Waals surface area contributed by atoms with Crippen LogP contribution in [0.25, 0.3) is 11.1 Å². The molecule has 2 rings (SSSR count). The summed E-state index contributed by atoms with van der Waals surface area (Å²) in [5.74, 6) is 0. The zero-order valence-corrected chi connectivity index (χ0v) is 11.0. The van der Waals surface area contributed by atoms with Gasteiger partial charge in [0.05, 0.1) is 0 Å². The van der Waals surface area contributed by atoms with E-state index in [1.54, 1.807) is 0 Å². The fraction of sp³-hybridized carbons (Fsp3) is 0.250. The van der Waals surface area contributed by atoms with Crippen LogP contribution in [0.2, 0.25) is 0 Å². The molecular weight excluding hydrogens is 220 g/mol. The van der Waals surface area contributed by atoms with Crippen LogP contribution in [-0.2, 0) is 0 Å². The number of hydrogen-bond donors (Lipinski definition) is 2. The third-order valence-corrected chi connectivity index (χ3v) is 3.04. The topological polar surface area (TPSA) is 38.0 Å². The Kier molecular flexibility index (Phi) is 4.00. The lowest BCUT2D eigenvalue weighted by Gasteiger charge is -2.08. The summed E-state index contributed by atoms with van der Waals surface area (Å²) in [6.07, 6.45) is 0. The van der Waals surface area contributed by atoms with Gasteiger partial charge in [0, 0.05) is 18.3 Å². The number of benzene rings is 2. The number of hydrogen-bond acceptors (Lipinski definition) is 2. The number of rotatable bonds is 4. The average Bonchev–Trinajstić information content (AvgIpc) is 2.40. The third kappa shape index (κ3) is 2.90. The van der Waals surface area contributed by atoms with Crippen molar-refractivity contribution < 1.29 is 0 Å². The van der Waals surface area contributed by atoms with Crippen molar-refractivity contribution in [3.8, 4) is 11.1 Å². The van der Waals surface area contributed by atoms with Gasteiger partial charge in [0.25, 0.3) is 0 Å². The lowest BCUT2D eigenvalue weighted by atomic mass is 10.0. The van der Waals surface area contributed by atoms with Crippen molar-refractivity contribution in [3.63, 3.8) is 0 Å². The molecule has 18 heavy (non-hydrogen) atoms. The second-order valence-electron chi connectivity index (χ2n) is 4.52. The SMILES string of the molecule is CCNc1ccc(-c2ccc(C(C)N)cc2)cc1. The summed E-state index contributed by atoms with van der Waals surface area (Å²) >= 11 is 0. The van der Waals surface area contributed by atoms with E-state index in [0.29, 0.717) is 0 Å². The molecule has 2 aromatic rings. The van der Waals surface area contributed by atoms with E-state index in [-0.39, 0.29) is 6.04 Å². The molecule has 0 aliphatic carbocycles. The Morgan fingerprint density at radius 3 is 1.89 bits per heavy atom. The highest BCUT2D eigenvalue weighted by Crippen LogP contribution is 2.23. The van der Waals surface area contributed by atoms with E-state index in [9.17, 15) is 0 Å². The zero-order chi connectivity index (χ0) is 13.0. The number of nitrogens with one attached hydrogen (secondary N) is 1. The number of nitrogens with two attached hydrogens (primary N) is 1. The van der Waals surface area contributed by atoms with Crippen molar-refractivity contribution in [1.82, 2.24) is 0 Å². The Morgan fingerprint density at radius 2 is 1.44 bits per heavy atom. The Balaban J connectivity index is 2.20. The summed E-state index contributed by atoms with van der Waals surface area (Å²) in [7, 11) is 0. The fourth-order valence-corrected chi connectivity index (χ4v) is 1.96. The van der Waals surface area contributed by atoms with Crippen LogP contribution >= 0.6 is 0 Å². The molecule has 1 unspecified atom stereocenters. The molecule has 94 valence electrons. The largest absolute Gasteiger partial charge is 0.385 e. The highest BCUT2D eigenvalue weighted by atomic mass is 14.8. The van der Waals surface area contributed by atoms with Crippen molar-refractivity contribution in [2.45, 2.75) is 19.9 Å². The van der Waals surface area contributed by atoms with Gasteiger partial charge in [-0.05, 0) is 42.7 Å². The monoisotopic (exact) mass is 240 g/mol. The van der Waals surface area contributed by atoms with Gasteiger partial charge in [-0.3, -0.25) is 0 Å². The Labute approximate surface area is 109 Å². The van der Waals surface area contributed by atoms with Crippen LogP contribution in [0.15, 0.2) is 48.5 Å². The summed E-state index contributed by atoms with van der Waals surface area (Å²) in [6.45, 7) is 5.04. The first-order chi connectivity index (χ1) is 8.70. The molecule has 0 radical (unpaired) electrons. The van der Waals surface area contributed by atoms with Crippen molar-refractivity contribution in [3.05, 3.63) is 54.1 Å². The zero-order valence-electron chi connectivity index (χ0n) is 11.0. The summed E-state index contributed by atoms with van der Waals surface area (Å²) < 4.78 is 0. The van der Waals surface area contributed by atoms with Crippen LogP contribution in [0.1, 0.15) is 25.5 Å². The maximum absolute atomic E-state index is 5.85. The average molecular weight is 240 g/mol. The molecule has 1 atom stereocenters. The first kappa shape index (κ1) is 12.7. The fourth-order valence-electron chi connectivity index (χ4n) is 1.96. The second-order valence-corrected chi connectivity index (χ2v) is 4.52. The predicted molar refractivity (Wildman–Crippen MR) is 78.6 cm³/mol. The van der Waals surface area contributed by atoms with Crippen molar-refractivity contribution in [2.75, 3.05) is 11.9 Å². The molecule has 2 aromatic carbocycles. The molecule has 0 fully saturated rings. The van der Waals surface area contributed by atoms with Gasteiger partial charge in [-0.25, -0.2) is 0 Å².